The van der Waals surface area contributed by atoms with Crippen LogP contribution in [0.4, 0.5) is 0 Å². The van der Waals surface area contributed by atoms with Crippen LogP contribution in [0.25, 0.3) is 0 Å². The van der Waals surface area contributed by atoms with E-state index in [0.29, 0.717) is 6.04 Å². The topological polar surface area (TPSA) is 29.5 Å². The fourth-order valence-electron chi connectivity index (χ4n) is 2.18. The number of rotatable bonds is 6. The molecule has 0 aliphatic rings. The molecule has 0 unspecified atom stereocenters. The summed E-state index contributed by atoms with van der Waals surface area (Å²) in [6.45, 7) is 3.40. The molecular weight excluding hydrogens is 220 g/mol. The predicted molar refractivity (Wildman–Crippen MR) is 74.2 cm³/mol. The first-order valence-corrected chi connectivity index (χ1v) is 6.70. The lowest BCUT2D eigenvalue weighted by Gasteiger charge is -2.16. The number of nitrogens with two attached hydrogens (primary N) is 1. The van der Waals surface area contributed by atoms with Crippen LogP contribution in [-0.2, 0) is 0 Å². The van der Waals surface area contributed by atoms with E-state index >= 15 is 0 Å². The van der Waals surface area contributed by atoms with E-state index in [2.05, 4.69) is 59.7 Å². The molecule has 2 N–H and O–H groups in total. The number of hydrogen-bond donors (Lipinski definition) is 1. The Morgan fingerprint density at radius 1 is 1.00 bits per heavy atom. The summed E-state index contributed by atoms with van der Waals surface area (Å²) < 4.78 is 0. The van der Waals surface area contributed by atoms with E-state index < -0.39 is 0 Å². The van der Waals surface area contributed by atoms with Crippen molar-refractivity contribution in [1.82, 2.24) is 4.98 Å². The summed E-state index contributed by atoms with van der Waals surface area (Å²) in [5.41, 5.74) is 2.69. The first kappa shape index (κ1) is 12.8. The van der Waals surface area contributed by atoms with Gasteiger partial charge < -0.3 is 5.32 Å². The maximum atomic E-state index is 4.10. The Morgan fingerprint density at radius 3 is 2.33 bits per heavy atom. The highest BCUT2D eigenvalue weighted by atomic mass is 14.9. The van der Waals surface area contributed by atoms with E-state index in [4.69, 9.17) is 0 Å². The number of aromatic nitrogens is 1. The van der Waals surface area contributed by atoms with Crippen LogP contribution in [-0.4, -0.2) is 11.5 Å². The van der Waals surface area contributed by atoms with Gasteiger partial charge in [-0.15, -0.1) is 0 Å². The molecule has 1 aromatic heterocycles. The van der Waals surface area contributed by atoms with Gasteiger partial charge >= 0.3 is 0 Å². The third kappa shape index (κ3) is 3.41. The average Bonchev–Trinajstić information content (AvgIpc) is 2.46. The van der Waals surface area contributed by atoms with E-state index in [1.54, 1.807) is 0 Å². The second-order valence-electron chi connectivity index (χ2n) is 4.55. The third-order valence-electron chi connectivity index (χ3n) is 3.18. The van der Waals surface area contributed by atoms with Gasteiger partial charge in [-0.1, -0.05) is 43.7 Å². The zero-order valence-corrected chi connectivity index (χ0v) is 10.9. The lowest BCUT2D eigenvalue weighted by Crippen LogP contribution is -2.85. The SMILES string of the molecule is CCCC[NH2+][C@@H](c1ccccc1)c1ccncc1. The monoisotopic (exact) mass is 241 g/mol. The summed E-state index contributed by atoms with van der Waals surface area (Å²) in [5, 5.41) is 2.42. The molecule has 0 bridgehead atoms. The zero-order valence-electron chi connectivity index (χ0n) is 10.9. The van der Waals surface area contributed by atoms with Crippen LogP contribution in [0.2, 0.25) is 0 Å². The summed E-state index contributed by atoms with van der Waals surface area (Å²) in [5.74, 6) is 0. The zero-order chi connectivity index (χ0) is 12.6. The molecule has 0 saturated carbocycles. The first-order valence-electron chi connectivity index (χ1n) is 6.70. The van der Waals surface area contributed by atoms with Gasteiger partial charge in [0.15, 0.2) is 0 Å². The Balaban J connectivity index is 2.18. The summed E-state index contributed by atoms with van der Waals surface area (Å²) in [4.78, 5) is 4.10. The number of hydrogen-bond acceptors (Lipinski definition) is 1. The molecule has 0 spiro atoms. The van der Waals surface area contributed by atoms with Crippen molar-refractivity contribution in [3.63, 3.8) is 0 Å². The number of quaternary nitrogens is 1. The molecule has 0 fully saturated rings. The van der Waals surface area contributed by atoms with Crippen molar-refractivity contribution in [2.45, 2.75) is 25.8 Å². The second-order valence-corrected chi connectivity index (χ2v) is 4.55. The van der Waals surface area contributed by atoms with E-state index in [9.17, 15) is 0 Å². The van der Waals surface area contributed by atoms with Crippen molar-refractivity contribution in [3.05, 3.63) is 66.0 Å². The van der Waals surface area contributed by atoms with Crippen LogP contribution in [0.5, 0.6) is 0 Å². The number of nitrogens with zero attached hydrogens (tertiary/aromatic N) is 1. The van der Waals surface area contributed by atoms with Gasteiger partial charge in [0, 0.05) is 23.5 Å². The molecule has 94 valence electrons. The van der Waals surface area contributed by atoms with Crippen LogP contribution in [0, 0.1) is 0 Å². The summed E-state index contributed by atoms with van der Waals surface area (Å²) in [6.07, 6.45) is 6.25. The van der Waals surface area contributed by atoms with E-state index in [1.807, 2.05) is 12.4 Å². The Kier molecular flexibility index (Phi) is 4.91. The minimum absolute atomic E-state index is 0.390. The molecule has 1 aromatic carbocycles. The predicted octanol–water partition coefficient (Wildman–Crippen LogP) is 2.53. The van der Waals surface area contributed by atoms with Gasteiger partial charge in [-0.05, 0) is 18.6 Å². The Hall–Kier alpha value is -1.67. The summed E-state index contributed by atoms with van der Waals surface area (Å²) in [6, 6.07) is 15.3. The molecule has 0 aliphatic carbocycles. The van der Waals surface area contributed by atoms with Gasteiger partial charge in [-0.2, -0.15) is 0 Å². The summed E-state index contributed by atoms with van der Waals surface area (Å²) in [7, 11) is 0. The van der Waals surface area contributed by atoms with Crippen molar-refractivity contribution in [2.75, 3.05) is 6.54 Å². The molecule has 2 heteroatoms. The lowest BCUT2D eigenvalue weighted by atomic mass is 9.99. The maximum Gasteiger partial charge on any atom is 0.137 e. The molecule has 1 heterocycles. The van der Waals surface area contributed by atoms with Crippen LogP contribution in [0.1, 0.15) is 36.9 Å². The Labute approximate surface area is 109 Å². The molecule has 0 saturated heterocycles. The minimum atomic E-state index is 0.390. The van der Waals surface area contributed by atoms with Crippen molar-refractivity contribution >= 4 is 0 Å². The van der Waals surface area contributed by atoms with Crippen molar-refractivity contribution in [2.24, 2.45) is 0 Å². The highest BCUT2D eigenvalue weighted by molar-refractivity contribution is 5.27. The summed E-state index contributed by atoms with van der Waals surface area (Å²) >= 11 is 0. The number of benzene rings is 1. The third-order valence-corrected chi connectivity index (χ3v) is 3.18. The first-order chi connectivity index (χ1) is 8.92. The molecule has 2 aromatic rings. The molecular formula is C16H21N2+. The second kappa shape index (κ2) is 6.92. The quantitative estimate of drug-likeness (QED) is 0.774. The molecule has 1 atom stereocenters. The van der Waals surface area contributed by atoms with E-state index in [1.165, 1.54) is 30.5 Å². The van der Waals surface area contributed by atoms with Crippen molar-refractivity contribution in [1.29, 1.82) is 0 Å². The van der Waals surface area contributed by atoms with Crippen molar-refractivity contribution in [3.8, 4) is 0 Å². The highest BCUT2D eigenvalue weighted by Gasteiger charge is 2.16. The Bertz CT molecular complexity index is 400. The molecule has 2 rings (SSSR count). The number of pyridine rings is 1. The van der Waals surface area contributed by atoms with Gasteiger partial charge in [0.1, 0.15) is 6.04 Å². The molecule has 2 nitrogen and oxygen atoms in total. The van der Waals surface area contributed by atoms with Gasteiger partial charge in [0.25, 0.3) is 0 Å². The average molecular weight is 241 g/mol. The van der Waals surface area contributed by atoms with Gasteiger partial charge in [-0.25, -0.2) is 0 Å². The molecule has 18 heavy (non-hydrogen) atoms. The molecule has 0 amide bonds. The maximum absolute atomic E-state index is 4.10. The fourth-order valence-corrected chi connectivity index (χ4v) is 2.18. The standard InChI is InChI=1S/C16H20N2/c1-2-3-11-18-16(14-7-5-4-6-8-14)15-9-12-17-13-10-15/h4-10,12-13,16,18H,2-3,11H2,1H3/p+1/t16-/m0/s1. The number of unbranched alkanes of at least 4 members (excludes halogenated alkanes) is 1. The normalized spacial score (nSPS) is 12.3. The van der Waals surface area contributed by atoms with Crippen LogP contribution < -0.4 is 5.32 Å². The molecule has 0 radical (unpaired) electrons. The van der Waals surface area contributed by atoms with Gasteiger partial charge in [-0.3, -0.25) is 4.98 Å². The fraction of sp³-hybridized carbons (Fsp3) is 0.312. The van der Waals surface area contributed by atoms with Crippen LogP contribution in [0.3, 0.4) is 0 Å². The van der Waals surface area contributed by atoms with Gasteiger partial charge in [0.05, 0.1) is 6.54 Å². The minimum Gasteiger partial charge on any atom is -0.336 e. The van der Waals surface area contributed by atoms with E-state index in [-0.39, 0.29) is 0 Å². The smallest absolute Gasteiger partial charge is 0.137 e. The molecule has 0 aliphatic heterocycles. The van der Waals surface area contributed by atoms with E-state index in [0.717, 1.165) is 0 Å². The van der Waals surface area contributed by atoms with Crippen molar-refractivity contribution < 1.29 is 5.32 Å². The van der Waals surface area contributed by atoms with Gasteiger partial charge in [0.2, 0.25) is 0 Å². The largest absolute Gasteiger partial charge is 0.336 e. The van der Waals surface area contributed by atoms with Crippen LogP contribution in [0.15, 0.2) is 54.9 Å². The highest BCUT2D eigenvalue weighted by Crippen LogP contribution is 2.17. The van der Waals surface area contributed by atoms with Crippen LogP contribution >= 0.6 is 0 Å². The Morgan fingerprint density at radius 2 is 1.67 bits per heavy atom. The lowest BCUT2D eigenvalue weighted by molar-refractivity contribution is -0.687.